The van der Waals surface area contributed by atoms with E-state index in [0.717, 1.165) is 89.6 Å². The van der Waals surface area contributed by atoms with E-state index in [4.69, 9.17) is 120 Å². The van der Waals surface area contributed by atoms with Gasteiger partial charge in [-0.1, -0.05) is 273 Å². The molecule has 0 radical (unpaired) electrons. The van der Waals surface area contributed by atoms with Gasteiger partial charge in [-0.3, -0.25) is 4.79 Å². The summed E-state index contributed by atoms with van der Waals surface area (Å²) in [5, 5.41) is 34.5. The SMILES string of the molecule is C.C.C.C.C.C.C.C.C.C.C.C.C.C.C.C.C.C.C.C.C.C.C.C.C.C.C=C(C)C(=O)OCCOC(CC)CC(C)OCCO.CCC(CC(C)OCCOC)OCCOc1ccccc1.CCC(CC(OCCOC)OCC(=O)O)OCC(C)C.CCOCCOC(CC)CC(C)OCCC(=O)O.CCOCCOC(CC)CC(C)OCCO.CCOCCOC(CC)CC(C)OCCOC. The fourth-order valence-corrected chi connectivity index (χ4v) is 9.60. The molecule has 12 unspecified atom stereocenters. The van der Waals surface area contributed by atoms with Crippen molar-refractivity contribution in [2.45, 2.75) is 468 Å². The predicted molar refractivity (Wildman–Crippen MR) is 607 cm³/mol. The summed E-state index contributed by atoms with van der Waals surface area (Å²) in [6, 6.07) is 9.79. The lowest BCUT2D eigenvalue weighted by molar-refractivity contribution is -0.182. The fraction of sp³-hybridized carbons (Fsp3) is 0.899. The maximum atomic E-state index is 11.1. The summed E-state index contributed by atoms with van der Waals surface area (Å²) in [6.07, 6.45) is 11.2. The highest BCUT2D eigenvalue weighted by Crippen LogP contribution is 2.17. The highest BCUT2D eigenvalue weighted by molar-refractivity contribution is 5.86. The van der Waals surface area contributed by atoms with Gasteiger partial charge in [-0.15, -0.1) is 0 Å². The quantitative estimate of drug-likeness (QED) is 0.0204. The number of benzene rings is 1. The van der Waals surface area contributed by atoms with Crippen LogP contribution in [0.5, 0.6) is 5.75 Å². The number of carbonyl (C=O) groups is 3. The first kappa shape index (κ1) is 223. The smallest absolute Gasteiger partial charge is 0.333 e. The number of esters is 1. The summed E-state index contributed by atoms with van der Waals surface area (Å²) in [5.41, 5.74) is 0.387. The third-order valence-corrected chi connectivity index (χ3v) is 15.7. The number of aliphatic carboxylic acids is 2. The van der Waals surface area contributed by atoms with E-state index >= 15 is 0 Å². The molecule has 0 aliphatic rings. The zero-order valence-corrected chi connectivity index (χ0v) is 72.8. The molecular formula is C109H266O28. The van der Waals surface area contributed by atoms with Crippen molar-refractivity contribution < 1.29 is 134 Å². The second kappa shape index (κ2) is 172. The number of carboxylic acid groups (broad SMARTS) is 2. The molecule has 4 N–H and O–H groups in total. The van der Waals surface area contributed by atoms with Gasteiger partial charge in [0.25, 0.3) is 0 Å². The van der Waals surface area contributed by atoms with E-state index in [0.29, 0.717) is 143 Å². The highest BCUT2D eigenvalue weighted by Gasteiger charge is 2.21. The van der Waals surface area contributed by atoms with Crippen molar-refractivity contribution in [1.82, 2.24) is 0 Å². The molecule has 1 aromatic carbocycles. The van der Waals surface area contributed by atoms with Crippen LogP contribution in [0.15, 0.2) is 42.5 Å². The van der Waals surface area contributed by atoms with Crippen LogP contribution in [-0.4, -0.2) is 305 Å². The first-order chi connectivity index (χ1) is 53.3. The lowest BCUT2D eigenvalue weighted by Crippen LogP contribution is -2.29. The number of carboxylic acids is 2. The molecule has 28 nitrogen and oxygen atoms in total. The number of aliphatic hydroxyl groups is 2. The van der Waals surface area contributed by atoms with E-state index in [9.17, 15) is 14.4 Å². The van der Waals surface area contributed by atoms with Crippen molar-refractivity contribution in [2.24, 2.45) is 5.92 Å². The molecule has 0 amide bonds. The molecule has 0 heterocycles. The summed E-state index contributed by atoms with van der Waals surface area (Å²) < 4.78 is 113. The Bertz CT molecular complexity index is 2080. The first-order valence-electron chi connectivity index (χ1n) is 40.7. The second-order valence-corrected chi connectivity index (χ2v) is 26.3. The summed E-state index contributed by atoms with van der Waals surface area (Å²) in [6.45, 7) is 50.2. The average Bonchev–Trinajstić information content (AvgIpc) is 0.934. The van der Waals surface area contributed by atoms with Gasteiger partial charge in [0, 0.05) is 59.8 Å². The number of hydrogen-bond donors (Lipinski definition) is 4. The van der Waals surface area contributed by atoms with Crippen LogP contribution >= 0.6 is 0 Å². The topological polar surface area (TPSA) is 326 Å². The molecule has 0 spiro atoms. The van der Waals surface area contributed by atoms with E-state index in [1.807, 2.05) is 85.7 Å². The number of hydrogen-bond acceptors (Lipinski definition) is 26. The van der Waals surface area contributed by atoms with Gasteiger partial charge in [-0.25, -0.2) is 9.59 Å². The van der Waals surface area contributed by atoms with Crippen molar-refractivity contribution >= 4 is 17.9 Å². The minimum absolute atomic E-state index is 0. The normalized spacial score (nSPS) is 11.6. The van der Waals surface area contributed by atoms with Gasteiger partial charge >= 0.3 is 17.9 Å². The lowest BCUT2D eigenvalue weighted by atomic mass is 10.1. The lowest BCUT2D eigenvalue weighted by Gasteiger charge is -2.24. The Kier molecular flexibility index (Phi) is 279. The number of methoxy groups -OCH3 is 3. The van der Waals surface area contributed by atoms with Gasteiger partial charge in [0.1, 0.15) is 25.6 Å². The molecule has 0 saturated carbocycles. The van der Waals surface area contributed by atoms with Crippen LogP contribution in [0.2, 0.25) is 0 Å². The molecule has 0 saturated heterocycles. The van der Waals surface area contributed by atoms with Gasteiger partial charge in [-0.2, -0.15) is 0 Å². The summed E-state index contributed by atoms with van der Waals surface area (Å²) in [5.74, 6) is -0.901. The zero-order valence-electron chi connectivity index (χ0n) is 72.8. The van der Waals surface area contributed by atoms with E-state index in [1.54, 1.807) is 28.3 Å². The van der Waals surface area contributed by atoms with Crippen LogP contribution < -0.4 is 4.74 Å². The Balaban J connectivity index is -0.0000000328. The largest absolute Gasteiger partial charge is 0.491 e. The average molecular weight is 2030 g/mol. The van der Waals surface area contributed by atoms with Crippen LogP contribution in [0.3, 0.4) is 0 Å². The molecular weight excluding hydrogens is 1760 g/mol. The number of ether oxygens (including phenoxy) is 21. The first-order valence-corrected chi connectivity index (χ1v) is 40.7. The van der Waals surface area contributed by atoms with Crippen LogP contribution in [0, 0.1) is 5.92 Å². The Morgan fingerprint density at radius 3 is 0.825 bits per heavy atom. The Labute approximate surface area is 863 Å². The van der Waals surface area contributed by atoms with Gasteiger partial charge in [-0.05, 0) is 151 Å². The van der Waals surface area contributed by atoms with E-state index in [-0.39, 0.29) is 300 Å². The van der Waals surface area contributed by atoms with Crippen molar-refractivity contribution in [3.05, 3.63) is 42.5 Å². The third-order valence-electron chi connectivity index (χ3n) is 15.7. The zero-order chi connectivity index (χ0) is 84.4. The van der Waals surface area contributed by atoms with Crippen molar-refractivity contribution in [3.8, 4) is 5.75 Å². The standard InChI is InChI=1S/C17H28O4.C14H28O6.C14H26O5.C13H26O5.C13H28O4.C12H26O4.26CH4/c1-4-16(14-15(2)19-11-10-18-3)20-12-13-21-17-8-6-5-7-9-17;1-5-12(19-9-11(2)3)8-14(18-7-6-17-4)20-10-13(15)16;1-5-13(10-12(4)17-7-6-15)18-8-9-19-14(16)11(2)3;1-4-12(18-9-8-16-5-2)10-11(3)17-7-6-13(14)15;1-5-13(17-10-8-15-6-2)11-12(3)16-9-7-14-4;1-4-12(16-9-8-14-5-2)10-11(3)15-7-6-13;;;;;;;;;;;;;;;;;;;;;;;;;;/h5-9,15-16H,4,10-14H2,1-3H3;11-12,14H,5-10H2,1-4H3,(H,15,16);12-13,15H,2,5-10H2,1,3-4H3;11-12H,4-10H2,1-3H3,(H,14,15);12-13H,5-11H2,1-4H3;11-13H,4-10H2,1-3H3;26*1H4. The molecule has 0 bridgehead atoms. The highest BCUT2D eigenvalue weighted by atomic mass is 16.7. The van der Waals surface area contributed by atoms with Crippen LogP contribution in [0.25, 0.3) is 0 Å². The van der Waals surface area contributed by atoms with Crippen molar-refractivity contribution in [2.75, 3.05) is 193 Å². The summed E-state index contributed by atoms with van der Waals surface area (Å²) >= 11 is 0. The summed E-state index contributed by atoms with van der Waals surface area (Å²) in [7, 11) is 4.94. The molecule has 1 aromatic rings. The van der Waals surface area contributed by atoms with Gasteiger partial charge in [0.15, 0.2) is 6.29 Å². The molecule has 870 valence electrons. The molecule has 0 aliphatic carbocycles. The molecule has 137 heavy (non-hydrogen) atoms. The van der Waals surface area contributed by atoms with Crippen molar-refractivity contribution in [3.63, 3.8) is 0 Å². The Hall–Kier alpha value is -3.67. The minimum atomic E-state index is -1.01. The minimum Gasteiger partial charge on any atom is -0.491 e. The van der Waals surface area contributed by atoms with E-state index < -0.39 is 24.2 Å². The number of rotatable bonds is 71. The van der Waals surface area contributed by atoms with Gasteiger partial charge in [0.05, 0.1) is 199 Å². The summed E-state index contributed by atoms with van der Waals surface area (Å²) in [4.78, 5) is 32.0. The van der Waals surface area contributed by atoms with E-state index in [1.165, 1.54) is 0 Å². The Morgan fingerprint density at radius 2 is 0.569 bits per heavy atom. The fourth-order valence-electron chi connectivity index (χ4n) is 9.60. The molecule has 0 aliphatic heterocycles. The molecule has 0 aromatic heterocycles. The molecule has 28 heteroatoms. The monoisotopic (exact) mass is 2020 g/mol. The molecule has 12 atom stereocenters. The number of para-hydroxylation sites is 1. The van der Waals surface area contributed by atoms with Crippen LogP contribution in [0.1, 0.15) is 394 Å². The maximum Gasteiger partial charge on any atom is 0.333 e. The Morgan fingerprint density at radius 1 is 0.307 bits per heavy atom. The molecule has 1 rings (SSSR count). The van der Waals surface area contributed by atoms with Crippen LogP contribution in [-0.2, 0) is 109 Å². The van der Waals surface area contributed by atoms with E-state index in [2.05, 4.69) is 62.0 Å². The van der Waals surface area contributed by atoms with Gasteiger partial charge in [0.2, 0.25) is 0 Å². The van der Waals surface area contributed by atoms with Gasteiger partial charge < -0.3 is 120 Å². The van der Waals surface area contributed by atoms with Crippen LogP contribution in [0.4, 0.5) is 0 Å². The molecule has 0 fully saturated rings. The number of aliphatic hydroxyl groups excluding tert-OH is 2. The second-order valence-electron chi connectivity index (χ2n) is 26.3. The van der Waals surface area contributed by atoms with Crippen molar-refractivity contribution in [1.29, 1.82) is 0 Å². The maximum absolute atomic E-state index is 11.1. The predicted octanol–water partition coefficient (Wildman–Crippen LogP) is 29.4. The number of carbonyl (C=O) groups excluding carboxylic acids is 1. The third kappa shape index (κ3) is 169.